The molecule has 0 aliphatic rings. The van der Waals surface area contributed by atoms with Gasteiger partial charge in [0.15, 0.2) is 0 Å². The van der Waals surface area contributed by atoms with Crippen LogP contribution in [0.1, 0.15) is 26.7 Å². The van der Waals surface area contributed by atoms with Gasteiger partial charge in [-0.25, -0.2) is 0 Å². The Kier molecular flexibility index (Phi) is 4.78. The van der Waals surface area contributed by atoms with E-state index < -0.39 is 0 Å². The minimum Gasteiger partial charge on any atom is -0.309 e. The largest absolute Gasteiger partial charge is 0.309 e. The molecule has 56 valence electrons. The van der Waals surface area contributed by atoms with Crippen LogP contribution in [0.2, 0.25) is 0 Å². The highest BCUT2D eigenvalue weighted by atomic mass is 15.0. The first-order valence-corrected chi connectivity index (χ1v) is 3.81. The standard InChI is InChI=1S/C8H19N/c1-5-8(2)6-7-9(3)4/h8H,5-7H2,1-4H3/t8-/m0/s1. The van der Waals surface area contributed by atoms with Gasteiger partial charge in [0.2, 0.25) is 0 Å². The Bertz CT molecular complexity index is 59.6. The van der Waals surface area contributed by atoms with E-state index in [1.807, 2.05) is 0 Å². The molecule has 0 saturated heterocycles. The quantitative estimate of drug-likeness (QED) is 0.561. The summed E-state index contributed by atoms with van der Waals surface area (Å²) in [5.41, 5.74) is 0. The summed E-state index contributed by atoms with van der Waals surface area (Å²) in [6.07, 6.45) is 2.65. The molecule has 1 atom stereocenters. The van der Waals surface area contributed by atoms with Crippen LogP contribution in [-0.4, -0.2) is 25.5 Å². The van der Waals surface area contributed by atoms with Crippen molar-refractivity contribution >= 4 is 0 Å². The van der Waals surface area contributed by atoms with Gasteiger partial charge in [-0.1, -0.05) is 20.3 Å². The lowest BCUT2D eigenvalue weighted by Gasteiger charge is -2.12. The van der Waals surface area contributed by atoms with Gasteiger partial charge in [-0.3, -0.25) is 0 Å². The third kappa shape index (κ3) is 5.84. The molecule has 0 aliphatic heterocycles. The van der Waals surface area contributed by atoms with Crippen molar-refractivity contribution in [1.29, 1.82) is 0 Å². The third-order valence-corrected chi connectivity index (χ3v) is 1.77. The maximum absolute atomic E-state index is 2.31. The molecule has 0 N–H and O–H groups in total. The van der Waals surface area contributed by atoms with Crippen molar-refractivity contribution in [3.8, 4) is 0 Å². The maximum atomic E-state index is 2.31. The summed E-state index contributed by atoms with van der Waals surface area (Å²) in [5, 5.41) is 0. The van der Waals surface area contributed by atoms with Gasteiger partial charge in [0.25, 0.3) is 0 Å². The number of nitrogens with zero attached hydrogens (tertiary/aromatic N) is 1. The fraction of sp³-hybridized carbons (Fsp3) is 1.00. The highest BCUT2D eigenvalue weighted by Gasteiger charge is 1.97. The molecule has 0 fully saturated rings. The molecule has 9 heavy (non-hydrogen) atoms. The topological polar surface area (TPSA) is 3.24 Å². The number of rotatable bonds is 4. The zero-order valence-electron chi connectivity index (χ0n) is 7.15. The van der Waals surface area contributed by atoms with Crippen LogP contribution in [0.25, 0.3) is 0 Å². The van der Waals surface area contributed by atoms with E-state index in [-0.39, 0.29) is 0 Å². The van der Waals surface area contributed by atoms with Crippen LogP contribution < -0.4 is 0 Å². The van der Waals surface area contributed by atoms with E-state index in [4.69, 9.17) is 0 Å². The molecule has 0 heterocycles. The number of hydrogen-bond acceptors (Lipinski definition) is 1. The Labute approximate surface area is 59.1 Å². The lowest BCUT2D eigenvalue weighted by Crippen LogP contribution is -2.15. The second-order valence-electron chi connectivity index (χ2n) is 3.11. The minimum absolute atomic E-state index is 0.896. The van der Waals surface area contributed by atoms with Crippen molar-refractivity contribution in [3.63, 3.8) is 0 Å². The SMILES string of the molecule is CC[C@H](C)CCN(C)C. The third-order valence-electron chi connectivity index (χ3n) is 1.77. The van der Waals surface area contributed by atoms with Gasteiger partial charge < -0.3 is 4.90 Å². The molecule has 0 amide bonds. The summed E-state index contributed by atoms with van der Waals surface area (Å²) in [7, 11) is 4.25. The summed E-state index contributed by atoms with van der Waals surface area (Å²) in [4.78, 5) is 2.24. The van der Waals surface area contributed by atoms with Crippen LogP contribution in [0, 0.1) is 5.92 Å². The molecular weight excluding hydrogens is 110 g/mol. The smallest absolute Gasteiger partial charge is 0.00223 e. The van der Waals surface area contributed by atoms with Crippen molar-refractivity contribution in [2.24, 2.45) is 5.92 Å². The summed E-state index contributed by atoms with van der Waals surface area (Å²) >= 11 is 0. The highest BCUT2D eigenvalue weighted by molar-refractivity contribution is 4.51. The summed E-state index contributed by atoms with van der Waals surface area (Å²) in [6.45, 7) is 5.79. The van der Waals surface area contributed by atoms with E-state index in [9.17, 15) is 0 Å². The van der Waals surface area contributed by atoms with Crippen LogP contribution in [-0.2, 0) is 0 Å². The lowest BCUT2D eigenvalue weighted by molar-refractivity contribution is 0.356. The van der Waals surface area contributed by atoms with E-state index >= 15 is 0 Å². The zero-order valence-corrected chi connectivity index (χ0v) is 7.15. The monoisotopic (exact) mass is 129 g/mol. The van der Waals surface area contributed by atoms with Gasteiger partial charge in [0.05, 0.1) is 0 Å². The van der Waals surface area contributed by atoms with Gasteiger partial charge in [-0.15, -0.1) is 0 Å². The average molecular weight is 129 g/mol. The van der Waals surface area contributed by atoms with Crippen molar-refractivity contribution in [2.45, 2.75) is 26.7 Å². The second kappa shape index (κ2) is 4.80. The molecule has 1 nitrogen and oxygen atoms in total. The molecule has 0 radical (unpaired) electrons. The second-order valence-corrected chi connectivity index (χ2v) is 3.11. The Morgan fingerprint density at radius 1 is 1.33 bits per heavy atom. The van der Waals surface area contributed by atoms with Gasteiger partial charge in [0, 0.05) is 0 Å². The minimum atomic E-state index is 0.896. The molecular formula is C8H19N. The van der Waals surface area contributed by atoms with Gasteiger partial charge in [-0.05, 0) is 33.0 Å². The fourth-order valence-corrected chi connectivity index (χ4v) is 0.683. The van der Waals surface area contributed by atoms with Gasteiger partial charge in [0.1, 0.15) is 0 Å². The molecule has 0 saturated carbocycles. The van der Waals surface area contributed by atoms with Crippen molar-refractivity contribution in [2.75, 3.05) is 20.6 Å². The zero-order chi connectivity index (χ0) is 7.28. The van der Waals surface area contributed by atoms with E-state index in [1.54, 1.807) is 0 Å². The van der Waals surface area contributed by atoms with Crippen LogP contribution in [0.3, 0.4) is 0 Å². The molecule has 0 aromatic rings. The molecule has 0 rings (SSSR count). The highest BCUT2D eigenvalue weighted by Crippen LogP contribution is 2.05. The lowest BCUT2D eigenvalue weighted by atomic mass is 10.1. The predicted molar refractivity (Wildman–Crippen MR) is 42.6 cm³/mol. The van der Waals surface area contributed by atoms with E-state index in [0.29, 0.717) is 0 Å². The Morgan fingerprint density at radius 2 is 1.89 bits per heavy atom. The fourth-order valence-electron chi connectivity index (χ4n) is 0.683. The van der Waals surface area contributed by atoms with Crippen molar-refractivity contribution in [3.05, 3.63) is 0 Å². The summed E-state index contributed by atoms with van der Waals surface area (Å²) in [6, 6.07) is 0. The first-order valence-electron chi connectivity index (χ1n) is 3.81. The van der Waals surface area contributed by atoms with Gasteiger partial charge in [-0.2, -0.15) is 0 Å². The van der Waals surface area contributed by atoms with Crippen LogP contribution in [0.4, 0.5) is 0 Å². The van der Waals surface area contributed by atoms with E-state index in [1.165, 1.54) is 19.4 Å². The normalized spacial score (nSPS) is 14.3. The predicted octanol–water partition coefficient (Wildman–Crippen LogP) is 1.98. The van der Waals surface area contributed by atoms with Crippen LogP contribution >= 0.6 is 0 Å². The molecule has 0 unspecified atom stereocenters. The average Bonchev–Trinajstić information content (AvgIpc) is 1.83. The molecule has 0 bridgehead atoms. The first kappa shape index (κ1) is 8.96. The number of hydrogen-bond donors (Lipinski definition) is 0. The maximum Gasteiger partial charge on any atom is -0.00223 e. The summed E-state index contributed by atoms with van der Waals surface area (Å²) in [5.74, 6) is 0.896. The molecule has 0 spiro atoms. The van der Waals surface area contributed by atoms with Crippen LogP contribution in [0.15, 0.2) is 0 Å². The Morgan fingerprint density at radius 3 is 2.22 bits per heavy atom. The van der Waals surface area contributed by atoms with Gasteiger partial charge >= 0.3 is 0 Å². The summed E-state index contributed by atoms with van der Waals surface area (Å²) < 4.78 is 0. The Hall–Kier alpha value is -0.0400. The van der Waals surface area contributed by atoms with E-state index in [0.717, 1.165) is 5.92 Å². The first-order chi connectivity index (χ1) is 4.16. The molecule has 0 aliphatic carbocycles. The van der Waals surface area contributed by atoms with Crippen molar-refractivity contribution < 1.29 is 0 Å². The molecule has 1 heteroatoms. The van der Waals surface area contributed by atoms with E-state index in [2.05, 4.69) is 32.8 Å². The van der Waals surface area contributed by atoms with Crippen molar-refractivity contribution in [1.82, 2.24) is 4.90 Å². The van der Waals surface area contributed by atoms with Crippen LogP contribution in [0.5, 0.6) is 0 Å². The molecule has 0 aromatic carbocycles. The Balaban J connectivity index is 3.06. The molecule has 0 aromatic heterocycles.